The van der Waals surface area contributed by atoms with Gasteiger partial charge in [-0.2, -0.15) is 0 Å². The van der Waals surface area contributed by atoms with Gasteiger partial charge in [0.05, 0.1) is 10.5 Å². The minimum absolute atomic E-state index is 0.101. The van der Waals surface area contributed by atoms with Crippen molar-refractivity contribution in [1.29, 1.82) is 0 Å². The van der Waals surface area contributed by atoms with Crippen molar-refractivity contribution in [2.24, 2.45) is 0 Å². The summed E-state index contributed by atoms with van der Waals surface area (Å²) in [5, 5.41) is 23.0. The van der Waals surface area contributed by atoms with Crippen LogP contribution in [0.3, 0.4) is 0 Å². The van der Waals surface area contributed by atoms with E-state index >= 15 is 0 Å². The van der Waals surface area contributed by atoms with E-state index in [4.69, 9.17) is 4.74 Å². The number of nitro groups is 1. The molecule has 0 unspecified atom stereocenters. The molecule has 0 spiro atoms. The fraction of sp³-hybridized carbons (Fsp3) is 0.500. The van der Waals surface area contributed by atoms with Crippen LogP contribution in [0.2, 0.25) is 0 Å². The van der Waals surface area contributed by atoms with Gasteiger partial charge in [-0.15, -0.1) is 0 Å². The molecule has 7 heteroatoms. The molecule has 21 heavy (non-hydrogen) atoms. The van der Waals surface area contributed by atoms with Crippen LogP contribution in [0, 0.1) is 10.1 Å². The molecular formula is C14H20N2O5. The Morgan fingerprint density at radius 1 is 1.38 bits per heavy atom. The first-order valence-corrected chi connectivity index (χ1v) is 6.90. The Kier molecular flexibility index (Phi) is 7.17. The Morgan fingerprint density at radius 3 is 2.76 bits per heavy atom. The van der Waals surface area contributed by atoms with Gasteiger partial charge in [-0.3, -0.25) is 14.9 Å². The monoisotopic (exact) mass is 296 g/mol. The number of rotatable bonds is 9. The Balaban J connectivity index is 2.42. The normalized spacial score (nSPS) is 10.3. The van der Waals surface area contributed by atoms with E-state index in [1.165, 1.54) is 12.1 Å². The van der Waals surface area contributed by atoms with Crippen LogP contribution in [-0.2, 0) is 4.74 Å². The number of nitro benzene ring substituents is 1. The summed E-state index contributed by atoms with van der Waals surface area (Å²) in [6, 6.07) is 3.85. The van der Waals surface area contributed by atoms with E-state index in [-0.39, 0.29) is 5.56 Å². The molecule has 0 heterocycles. The number of unbranched alkanes of at least 4 members (excludes halogenated alkanes) is 1. The third-order valence-corrected chi connectivity index (χ3v) is 2.85. The number of ether oxygens (including phenoxy) is 1. The summed E-state index contributed by atoms with van der Waals surface area (Å²) in [4.78, 5) is 21.8. The number of nitrogens with one attached hydrogen (secondary N) is 1. The van der Waals surface area contributed by atoms with Crippen molar-refractivity contribution in [3.05, 3.63) is 33.9 Å². The highest BCUT2D eigenvalue weighted by atomic mass is 16.6. The molecule has 0 bridgehead atoms. The Labute approximate surface area is 123 Å². The summed E-state index contributed by atoms with van der Waals surface area (Å²) in [5.41, 5.74) is -0.582. The number of carbonyl (C=O) groups is 1. The van der Waals surface area contributed by atoms with Crippen LogP contribution in [0.15, 0.2) is 18.2 Å². The molecule has 1 amide bonds. The maximum Gasteiger partial charge on any atom is 0.311 e. The number of para-hydroxylation sites is 1. The fourth-order valence-corrected chi connectivity index (χ4v) is 1.68. The molecule has 0 aliphatic heterocycles. The van der Waals surface area contributed by atoms with Crippen LogP contribution in [-0.4, -0.2) is 35.7 Å². The third kappa shape index (κ3) is 5.39. The van der Waals surface area contributed by atoms with E-state index in [2.05, 4.69) is 12.2 Å². The van der Waals surface area contributed by atoms with Gasteiger partial charge in [0.2, 0.25) is 5.75 Å². The smallest absolute Gasteiger partial charge is 0.311 e. The molecule has 1 aromatic carbocycles. The topological polar surface area (TPSA) is 102 Å². The van der Waals surface area contributed by atoms with E-state index in [1.54, 1.807) is 0 Å². The zero-order valence-corrected chi connectivity index (χ0v) is 12.0. The van der Waals surface area contributed by atoms with Gasteiger partial charge in [-0.1, -0.05) is 19.4 Å². The lowest BCUT2D eigenvalue weighted by Crippen LogP contribution is -2.25. The highest BCUT2D eigenvalue weighted by Crippen LogP contribution is 2.28. The van der Waals surface area contributed by atoms with Crippen LogP contribution in [0.1, 0.15) is 36.5 Å². The number of benzene rings is 1. The second kappa shape index (κ2) is 8.91. The molecule has 0 aliphatic rings. The molecule has 0 aromatic heterocycles. The molecule has 0 saturated heterocycles. The van der Waals surface area contributed by atoms with Crippen molar-refractivity contribution in [2.75, 3.05) is 19.8 Å². The number of phenols is 1. The SMILES string of the molecule is CCCCOCCCNC(=O)c1cccc([N+](=O)[O-])c1O. The van der Waals surface area contributed by atoms with Crippen LogP contribution in [0.4, 0.5) is 5.69 Å². The molecule has 0 atom stereocenters. The highest BCUT2D eigenvalue weighted by molar-refractivity contribution is 5.98. The van der Waals surface area contributed by atoms with Crippen molar-refractivity contribution < 1.29 is 19.6 Å². The summed E-state index contributed by atoms with van der Waals surface area (Å²) >= 11 is 0. The summed E-state index contributed by atoms with van der Waals surface area (Å²) < 4.78 is 5.35. The number of amides is 1. The average molecular weight is 296 g/mol. The van der Waals surface area contributed by atoms with Crippen molar-refractivity contribution >= 4 is 11.6 Å². The lowest BCUT2D eigenvalue weighted by Gasteiger charge is -2.07. The molecular weight excluding hydrogens is 276 g/mol. The van der Waals surface area contributed by atoms with Gasteiger partial charge in [0.15, 0.2) is 0 Å². The van der Waals surface area contributed by atoms with Crippen molar-refractivity contribution in [1.82, 2.24) is 5.32 Å². The van der Waals surface area contributed by atoms with E-state index in [9.17, 15) is 20.0 Å². The molecule has 116 valence electrons. The van der Waals surface area contributed by atoms with Gasteiger partial charge in [0, 0.05) is 25.8 Å². The first kappa shape index (κ1) is 16.9. The predicted octanol–water partition coefficient (Wildman–Crippen LogP) is 2.24. The van der Waals surface area contributed by atoms with Gasteiger partial charge >= 0.3 is 5.69 Å². The lowest BCUT2D eigenvalue weighted by molar-refractivity contribution is -0.385. The zero-order chi connectivity index (χ0) is 15.7. The molecule has 1 rings (SSSR count). The number of carbonyl (C=O) groups excluding carboxylic acids is 1. The molecule has 0 radical (unpaired) electrons. The van der Waals surface area contributed by atoms with E-state index in [0.717, 1.165) is 18.9 Å². The Hall–Kier alpha value is -2.15. The van der Waals surface area contributed by atoms with Gasteiger partial charge in [0.25, 0.3) is 5.91 Å². The largest absolute Gasteiger partial charge is 0.502 e. The van der Waals surface area contributed by atoms with Crippen molar-refractivity contribution in [3.63, 3.8) is 0 Å². The Bertz CT molecular complexity index is 490. The minimum Gasteiger partial charge on any atom is -0.502 e. The number of phenolic OH excluding ortho intramolecular Hbond substituents is 1. The standard InChI is InChI=1S/C14H20N2O5/c1-2-3-9-21-10-5-8-15-14(18)11-6-4-7-12(13(11)17)16(19)20/h4,6-7,17H,2-3,5,8-10H2,1H3,(H,15,18). The molecule has 0 saturated carbocycles. The quantitative estimate of drug-likeness (QED) is 0.413. The second-order valence-electron chi connectivity index (χ2n) is 4.51. The molecule has 1 aromatic rings. The Morgan fingerprint density at radius 2 is 2.10 bits per heavy atom. The van der Waals surface area contributed by atoms with E-state index in [1.807, 2.05) is 0 Å². The predicted molar refractivity (Wildman–Crippen MR) is 77.4 cm³/mol. The third-order valence-electron chi connectivity index (χ3n) is 2.85. The van der Waals surface area contributed by atoms with Gasteiger partial charge in [-0.05, 0) is 18.9 Å². The van der Waals surface area contributed by atoms with E-state index < -0.39 is 22.3 Å². The summed E-state index contributed by atoms with van der Waals surface area (Å²) in [6.07, 6.45) is 2.72. The lowest BCUT2D eigenvalue weighted by atomic mass is 10.1. The summed E-state index contributed by atoms with van der Waals surface area (Å²) in [6.45, 7) is 3.71. The van der Waals surface area contributed by atoms with Crippen LogP contribution < -0.4 is 5.32 Å². The maximum absolute atomic E-state index is 11.8. The first-order chi connectivity index (χ1) is 10.1. The number of nitrogens with zero attached hydrogens (tertiary/aromatic N) is 1. The minimum atomic E-state index is -0.728. The van der Waals surface area contributed by atoms with Crippen molar-refractivity contribution in [2.45, 2.75) is 26.2 Å². The van der Waals surface area contributed by atoms with Crippen LogP contribution in [0.5, 0.6) is 5.75 Å². The molecule has 7 nitrogen and oxygen atoms in total. The molecule has 2 N–H and O–H groups in total. The van der Waals surface area contributed by atoms with Crippen molar-refractivity contribution in [3.8, 4) is 5.75 Å². The van der Waals surface area contributed by atoms with Crippen LogP contribution >= 0.6 is 0 Å². The maximum atomic E-state index is 11.8. The number of aromatic hydroxyl groups is 1. The van der Waals surface area contributed by atoms with Gasteiger partial charge < -0.3 is 15.2 Å². The number of hydrogen-bond donors (Lipinski definition) is 2. The second-order valence-corrected chi connectivity index (χ2v) is 4.51. The van der Waals surface area contributed by atoms with Gasteiger partial charge in [0.1, 0.15) is 0 Å². The van der Waals surface area contributed by atoms with E-state index in [0.29, 0.717) is 26.2 Å². The summed E-state index contributed by atoms with van der Waals surface area (Å²) in [5.74, 6) is -1.15. The zero-order valence-electron chi connectivity index (χ0n) is 12.0. The average Bonchev–Trinajstić information content (AvgIpc) is 2.46. The first-order valence-electron chi connectivity index (χ1n) is 6.90. The number of hydrogen-bond acceptors (Lipinski definition) is 5. The molecule has 0 aliphatic carbocycles. The highest BCUT2D eigenvalue weighted by Gasteiger charge is 2.20. The molecule has 0 fully saturated rings. The fourth-order valence-electron chi connectivity index (χ4n) is 1.68. The van der Waals surface area contributed by atoms with Gasteiger partial charge in [-0.25, -0.2) is 0 Å². The van der Waals surface area contributed by atoms with Crippen LogP contribution in [0.25, 0.3) is 0 Å². The summed E-state index contributed by atoms with van der Waals surface area (Å²) in [7, 11) is 0.